The lowest BCUT2D eigenvalue weighted by atomic mass is 10.4. The zero-order valence-electron chi connectivity index (χ0n) is 4.64. The summed E-state index contributed by atoms with van der Waals surface area (Å²) in [5.41, 5.74) is 0.903. The number of pyridine rings is 1. The maximum Gasteiger partial charge on any atom is 0.0647 e. The van der Waals surface area contributed by atoms with Gasteiger partial charge in [0.05, 0.1) is 11.6 Å². The highest BCUT2D eigenvalue weighted by Gasteiger charge is 1.88. The Morgan fingerprint density at radius 1 is 1.56 bits per heavy atom. The van der Waals surface area contributed by atoms with Crippen LogP contribution in [0.25, 0.3) is 0 Å². The molecule has 0 aliphatic heterocycles. The molecule has 0 amide bonds. The molecule has 0 saturated heterocycles. The van der Waals surface area contributed by atoms with Crippen LogP contribution in [0.15, 0.2) is 22.8 Å². The normalized spacial score (nSPS) is 9.56. The first-order valence-electron chi connectivity index (χ1n) is 2.49. The molecule has 0 unspecified atom stereocenters. The average molecular weight is 206 g/mol. The summed E-state index contributed by atoms with van der Waals surface area (Å²) in [6.45, 7) is 0. The van der Waals surface area contributed by atoms with Crippen LogP contribution in [0.1, 0.15) is 5.69 Å². The van der Waals surface area contributed by atoms with E-state index in [9.17, 15) is 0 Å². The molecule has 1 nitrogen and oxygen atoms in total. The van der Waals surface area contributed by atoms with Gasteiger partial charge in [0.25, 0.3) is 0 Å². The van der Waals surface area contributed by atoms with Crippen molar-refractivity contribution < 1.29 is 0 Å². The molecule has 48 valence electrons. The Bertz CT molecular complexity index is 185. The number of halogens is 2. The van der Waals surface area contributed by atoms with Crippen molar-refractivity contribution in [3.8, 4) is 0 Å². The lowest BCUT2D eigenvalue weighted by molar-refractivity contribution is 1.16. The van der Waals surface area contributed by atoms with Gasteiger partial charge in [-0.05, 0) is 28.1 Å². The highest BCUT2D eigenvalue weighted by atomic mass is 79.9. The van der Waals surface area contributed by atoms with Gasteiger partial charge in [-0.15, -0.1) is 11.6 Å². The van der Waals surface area contributed by atoms with Crippen molar-refractivity contribution in [1.29, 1.82) is 0 Å². The second-order valence-corrected chi connectivity index (χ2v) is 2.78. The summed E-state index contributed by atoms with van der Waals surface area (Å²) in [4.78, 5) is 4.02. The Labute approximate surface area is 67.2 Å². The number of aromatic nitrogens is 1. The van der Waals surface area contributed by atoms with Crippen LogP contribution in [0.4, 0.5) is 0 Å². The molecule has 1 heterocycles. The van der Waals surface area contributed by atoms with E-state index in [1.54, 1.807) is 6.20 Å². The van der Waals surface area contributed by atoms with Gasteiger partial charge in [0.2, 0.25) is 0 Å². The summed E-state index contributed by atoms with van der Waals surface area (Å²) >= 11 is 8.77. The predicted octanol–water partition coefficient (Wildman–Crippen LogP) is 2.58. The van der Waals surface area contributed by atoms with Gasteiger partial charge in [0.15, 0.2) is 0 Å². The molecule has 0 N–H and O–H groups in total. The van der Waals surface area contributed by atoms with Gasteiger partial charge in [-0.3, -0.25) is 4.98 Å². The maximum atomic E-state index is 5.50. The Balaban J connectivity index is 2.88. The number of alkyl halides is 1. The van der Waals surface area contributed by atoms with Gasteiger partial charge in [0.1, 0.15) is 0 Å². The first-order valence-corrected chi connectivity index (χ1v) is 3.82. The van der Waals surface area contributed by atoms with E-state index in [2.05, 4.69) is 20.9 Å². The molecule has 0 aliphatic carbocycles. The third-order valence-corrected chi connectivity index (χ3v) is 1.67. The van der Waals surface area contributed by atoms with Gasteiger partial charge in [-0.25, -0.2) is 0 Å². The monoisotopic (exact) mass is 205 g/mol. The van der Waals surface area contributed by atoms with Crippen molar-refractivity contribution >= 4 is 27.5 Å². The minimum absolute atomic E-state index is 0.479. The topological polar surface area (TPSA) is 12.9 Å². The Morgan fingerprint density at radius 2 is 2.33 bits per heavy atom. The summed E-state index contributed by atoms with van der Waals surface area (Å²) in [6.07, 6.45) is 1.73. The molecule has 1 rings (SSSR count). The van der Waals surface area contributed by atoms with Crippen molar-refractivity contribution in [3.63, 3.8) is 0 Å². The van der Waals surface area contributed by atoms with Crippen LogP contribution in [0.2, 0.25) is 0 Å². The molecule has 1 aromatic rings. The highest BCUT2D eigenvalue weighted by molar-refractivity contribution is 9.10. The predicted molar refractivity (Wildman–Crippen MR) is 41.5 cm³/mol. The van der Waals surface area contributed by atoms with Gasteiger partial charge in [0, 0.05) is 10.7 Å². The molecule has 1 aromatic heterocycles. The standard InChI is InChI=1S/C6H5BrClN/c7-5-1-2-6(3-8)9-4-5/h1-2,4H,3H2. The van der Waals surface area contributed by atoms with Crippen LogP contribution >= 0.6 is 27.5 Å². The number of hydrogen-bond acceptors (Lipinski definition) is 1. The quantitative estimate of drug-likeness (QED) is 0.644. The van der Waals surface area contributed by atoms with E-state index in [-0.39, 0.29) is 0 Å². The highest BCUT2D eigenvalue weighted by Crippen LogP contribution is 2.08. The number of rotatable bonds is 1. The Hall–Kier alpha value is -0.0800. The summed E-state index contributed by atoms with van der Waals surface area (Å²) in [5.74, 6) is 0.479. The summed E-state index contributed by atoms with van der Waals surface area (Å²) in [7, 11) is 0. The van der Waals surface area contributed by atoms with E-state index in [4.69, 9.17) is 11.6 Å². The fourth-order valence-corrected chi connectivity index (χ4v) is 0.878. The van der Waals surface area contributed by atoms with E-state index in [0.29, 0.717) is 5.88 Å². The Morgan fingerprint density at radius 3 is 2.78 bits per heavy atom. The van der Waals surface area contributed by atoms with E-state index in [1.807, 2.05) is 12.1 Å². The SMILES string of the molecule is ClCc1ccc(Br)cn1. The van der Waals surface area contributed by atoms with Crippen LogP contribution in [-0.4, -0.2) is 4.98 Å². The van der Waals surface area contributed by atoms with E-state index >= 15 is 0 Å². The minimum Gasteiger partial charge on any atom is -0.259 e. The second-order valence-electron chi connectivity index (χ2n) is 1.60. The molecule has 0 saturated carbocycles. The molecule has 0 aliphatic rings. The second kappa shape index (κ2) is 3.18. The lowest BCUT2D eigenvalue weighted by Crippen LogP contribution is -1.81. The van der Waals surface area contributed by atoms with Crippen LogP contribution < -0.4 is 0 Å². The summed E-state index contributed by atoms with van der Waals surface area (Å²) < 4.78 is 0.983. The largest absolute Gasteiger partial charge is 0.259 e. The van der Waals surface area contributed by atoms with Crippen LogP contribution in [0, 0.1) is 0 Å². The van der Waals surface area contributed by atoms with Crippen molar-refractivity contribution in [2.45, 2.75) is 5.88 Å². The van der Waals surface area contributed by atoms with Crippen LogP contribution in [0.3, 0.4) is 0 Å². The molecule has 3 heteroatoms. The summed E-state index contributed by atoms with van der Waals surface area (Å²) in [6, 6.07) is 3.81. The molecule has 0 fully saturated rings. The van der Waals surface area contributed by atoms with Crippen molar-refractivity contribution in [1.82, 2.24) is 4.98 Å². The lowest BCUT2D eigenvalue weighted by Gasteiger charge is -1.91. The fraction of sp³-hybridized carbons (Fsp3) is 0.167. The first-order chi connectivity index (χ1) is 4.33. The van der Waals surface area contributed by atoms with Crippen molar-refractivity contribution in [3.05, 3.63) is 28.5 Å². The van der Waals surface area contributed by atoms with Gasteiger partial charge >= 0.3 is 0 Å². The van der Waals surface area contributed by atoms with Crippen LogP contribution in [0.5, 0.6) is 0 Å². The van der Waals surface area contributed by atoms with Gasteiger partial charge in [-0.1, -0.05) is 0 Å². The molecule has 0 bridgehead atoms. The first kappa shape index (κ1) is 7.03. The smallest absolute Gasteiger partial charge is 0.0647 e. The molecule has 9 heavy (non-hydrogen) atoms. The van der Waals surface area contributed by atoms with Gasteiger partial charge in [-0.2, -0.15) is 0 Å². The fourth-order valence-electron chi connectivity index (χ4n) is 0.485. The average Bonchev–Trinajstić information content (AvgIpc) is 1.90. The van der Waals surface area contributed by atoms with E-state index in [1.165, 1.54) is 0 Å². The zero-order chi connectivity index (χ0) is 6.69. The molecule has 0 spiro atoms. The molecule has 0 atom stereocenters. The zero-order valence-corrected chi connectivity index (χ0v) is 6.98. The van der Waals surface area contributed by atoms with E-state index < -0.39 is 0 Å². The summed E-state index contributed by atoms with van der Waals surface area (Å²) in [5, 5.41) is 0. The van der Waals surface area contributed by atoms with Crippen molar-refractivity contribution in [2.75, 3.05) is 0 Å². The molecule has 0 radical (unpaired) electrons. The third-order valence-electron chi connectivity index (χ3n) is 0.926. The van der Waals surface area contributed by atoms with Gasteiger partial charge < -0.3 is 0 Å². The number of nitrogens with zero attached hydrogens (tertiary/aromatic N) is 1. The Kier molecular flexibility index (Phi) is 2.49. The van der Waals surface area contributed by atoms with E-state index in [0.717, 1.165) is 10.2 Å². The number of hydrogen-bond donors (Lipinski definition) is 0. The molecular formula is C6H5BrClN. The molecule has 0 aromatic carbocycles. The minimum atomic E-state index is 0.479. The van der Waals surface area contributed by atoms with Crippen LogP contribution in [-0.2, 0) is 5.88 Å². The van der Waals surface area contributed by atoms with Crippen molar-refractivity contribution in [2.24, 2.45) is 0 Å². The third kappa shape index (κ3) is 1.95. The maximum absolute atomic E-state index is 5.50. The molecular weight excluding hydrogens is 201 g/mol.